The number of amides is 2. The Morgan fingerprint density at radius 1 is 1.16 bits per heavy atom. The standard InChI is InChI=1S/C25H24N4O2S/c1-15-6-8-16(9-7-15)23(30)29-25-28-22-19(10-11-21(22)32-25)24(31)26-13-12-17-14-27-20-5-3-2-4-18(17)20/h2-9,14,19,27H,10-13H2,1H3,(H,26,31)(H,28,29,30). The van der Waals surface area contributed by atoms with Crippen molar-refractivity contribution < 1.29 is 9.59 Å². The molecular weight excluding hydrogens is 420 g/mol. The summed E-state index contributed by atoms with van der Waals surface area (Å²) in [6, 6.07) is 15.6. The first-order valence-corrected chi connectivity index (χ1v) is 11.6. The Kier molecular flexibility index (Phi) is 5.49. The second-order valence-corrected chi connectivity index (χ2v) is 9.22. The Labute approximate surface area is 190 Å². The number of hydrogen-bond acceptors (Lipinski definition) is 4. The van der Waals surface area contributed by atoms with Gasteiger partial charge in [-0.05, 0) is 49.9 Å². The van der Waals surface area contributed by atoms with Gasteiger partial charge in [-0.25, -0.2) is 4.98 Å². The van der Waals surface area contributed by atoms with Gasteiger partial charge in [0.25, 0.3) is 5.91 Å². The minimum absolute atomic E-state index is 0.00491. The number of carbonyl (C=O) groups excluding carboxylic acids is 2. The summed E-state index contributed by atoms with van der Waals surface area (Å²) < 4.78 is 0. The molecular formula is C25H24N4O2S. The van der Waals surface area contributed by atoms with Crippen LogP contribution in [0.5, 0.6) is 0 Å². The molecule has 1 unspecified atom stereocenters. The molecule has 7 heteroatoms. The smallest absolute Gasteiger partial charge is 0.257 e. The summed E-state index contributed by atoms with van der Waals surface area (Å²) in [5.41, 5.74) is 4.81. The van der Waals surface area contributed by atoms with E-state index in [0.29, 0.717) is 17.2 Å². The normalized spacial score (nSPS) is 15.0. The van der Waals surface area contributed by atoms with Gasteiger partial charge in [-0.3, -0.25) is 14.9 Å². The molecule has 162 valence electrons. The van der Waals surface area contributed by atoms with Crippen LogP contribution in [0.25, 0.3) is 10.9 Å². The van der Waals surface area contributed by atoms with Crippen LogP contribution in [-0.4, -0.2) is 28.3 Å². The molecule has 6 nitrogen and oxygen atoms in total. The maximum absolute atomic E-state index is 12.8. The third-order valence-electron chi connectivity index (χ3n) is 5.94. The van der Waals surface area contributed by atoms with Crippen LogP contribution in [0.4, 0.5) is 5.13 Å². The Morgan fingerprint density at radius 3 is 2.81 bits per heavy atom. The summed E-state index contributed by atoms with van der Waals surface area (Å²) in [6.45, 7) is 2.56. The highest BCUT2D eigenvalue weighted by Gasteiger charge is 2.32. The molecule has 1 aliphatic rings. The molecule has 2 amide bonds. The van der Waals surface area contributed by atoms with Gasteiger partial charge in [0.05, 0.1) is 11.6 Å². The molecule has 32 heavy (non-hydrogen) atoms. The summed E-state index contributed by atoms with van der Waals surface area (Å²) in [5.74, 6) is -0.434. The second-order valence-electron chi connectivity index (χ2n) is 8.14. The Hall–Kier alpha value is -3.45. The summed E-state index contributed by atoms with van der Waals surface area (Å²) in [6.07, 6.45) is 4.35. The lowest BCUT2D eigenvalue weighted by Gasteiger charge is -2.10. The van der Waals surface area contributed by atoms with Crippen molar-refractivity contribution in [1.82, 2.24) is 15.3 Å². The van der Waals surface area contributed by atoms with Crippen LogP contribution in [0.2, 0.25) is 0 Å². The number of benzene rings is 2. The minimum atomic E-state index is -0.255. The third kappa shape index (κ3) is 4.03. The van der Waals surface area contributed by atoms with E-state index in [9.17, 15) is 9.59 Å². The molecule has 0 radical (unpaired) electrons. The molecule has 5 rings (SSSR count). The van der Waals surface area contributed by atoms with Crippen LogP contribution >= 0.6 is 11.3 Å². The van der Waals surface area contributed by atoms with Gasteiger partial charge >= 0.3 is 0 Å². The van der Waals surface area contributed by atoms with Crippen molar-refractivity contribution in [2.24, 2.45) is 0 Å². The van der Waals surface area contributed by atoms with Gasteiger partial charge in [0.15, 0.2) is 5.13 Å². The summed E-state index contributed by atoms with van der Waals surface area (Å²) in [4.78, 5) is 34.3. The molecule has 0 aliphatic heterocycles. The number of fused-ring (bicyclic) bond motifs is 2. The van der Waals surface area contributed by atoms with E-state index in [-0.39, 0.29) is 17.7 Å². The SMILES string of the molecule is Cc1ccc(C(=O)Nc2nc3c(s2)CCC3C(=O)NCCc2c[nH]c3ccccc23)cc1. The predicted molar refractivity (Wildman–Crippen MR) is 127 cm³/mol. The van der Waals surface area contributed by atoms with Gasteiger partial charge in [0.1, 0.15) is 0 Å². The van der Waals surface area contributed by atoms with E-state index >= 15 is 0 Å². The van der Waals surface area contributed by atoms with E-state index in [1.54, 1.807) is 12.1 Å². The molecule has 1 atom stereocenters. The number of para-hydroxylation sites is 1. The number of nitrogens with zero attached hydrogens (tertiary/aromatic N) is 1. The number of thiazole rings is 1. The number of nitrogens with one attached hydrogen (secondary N) is 3. The molecule has 0 saturated carbocycles. The number of aryl methyl sites for hydroxylation is 2. The average molecular weight is 445 g/mol. The van der Waals surface area contributed by atoms with Crippen molar-refractivity contribution >= 4 is 39.2 Å². The van der Waals surface area contributed by atoms with Crippen molar-refractivity contribution in [3.05, 3.63) is 82.0 Å². The lowest BCUT2D eigenvalue weighted by Crippen LogP contribution is -2.30. The van der Waals surface area contributed by atoms with Gasteiger partial charge in [-0.15, -0.1) is 11.3 Å². The molecule has 3 N–H and O–H groups in total. The molecule has 4 aromatic rings. The second kappa shape index (κ2) is 8.59. The summed E-state index contributed by atoms with van der Waals surface area (Å²) >= 11 is 1.47. The number of H-pyrrole nitrogens is 1. The van der Waals surface area contributed by atoms with Crippen LogP contribution in [0.3, 0.4) is 0 Å². The molecule has 0 saturated heterocycles. The first-order chi connectivity index (χ1) is 15.6. The zero-order valence-corrected chi connectivity index (χ0v) is 18.6. The van der Waals surface area contributed by atoms with Crippen LogP contribution in [0.1, 0.15) is 44.4 Å². The monoisotopic (exact) mass is 444 g/mol. The summed E-state index contributed by atoms with van der Waals surface area (Å²) in [5, 5.41) is 7.70. The van der Waals surface area contributed by atoms with E-state index in [0.717, 1.165) is 40.9 Å². The number of carbonyl (C=O) groups is 2. The molecule has 2 aromatic carbocycles. The van der Waals surface area contributed by atoms with Crippen molar-refractivity contribution in [2.75, 3.05) is 11.9 Å². The van der Waals surface area contributed by atoms with Gasteiger partial charge in [0.2, 0.25) is 5.91 Å². The predicted octanol–water partition coefficient (Wildman–Crippen LogP) is 4.57. The van der Waals surface area contributed by atoms with Gasteiger partial charge in [0, 0.05) is 34.1 Å². The van der Waals surface area contributed by atoms with Gasteiger partial charge < -0.3 is 10.3 Å². The number of rotatable bonds is 6. The maximum atomic E-state index is 12.8. The molecule has 2 heterocycles. The highest BCUT2D eigenvalue weighted by molar-refractivity contribution is 7.16. The molecule has 0 bridgehead atoms. The molecule has 0 spiro atoms. The lowest BCUT2D eigenvalue weighted by atomic mass is 10.1. The van der Waals surface area contributed by atoms with E-state index in [1.165, 1.54) is 22.3 Å². The van der Waals surface area contributed by atoms with Crippen molar-refractivity contribution in [2.45, 2.75) is 32.1 Å². The zero-order chi connectivity index (χ0) is 22.1. The Balaban J connectivity index is 1.20. The van der Waals surface area contributed by atoms with E-state index in [2.05, 4.69) is 32.7 Å². The number of aromatic amines is 1. The fraction of sp³-hybridized carbons (Fsp3) is 0.240. The lowest BCUT2D eigenvalue weighted by molar-refractivity contribution is -0.122. The molecule has 1 aliphatic carbocycles. The number of anilines is 1. The number of aromatic nitrogens is 2. The van der Waals surface area contributed by atoms with Crippen molar-refractivity contribution in [3.63, 3.8) is 0 Å². The van der Waals surface area contributed by atoms with Crippen molar-refractivity contribution in [3.8, 4) is 0 Å². The topological polar surface area (TPSA) is 86.9 Å². The largest absolute Gasteiger partial charge is 0.361 e. The highest BCUT2D eigenvalue weighted by atomic mass is 32.1. The number of hydrogen-bond donors (Lipinski definition) is 3. The highest BCUT2D eigenvalue weighted by Crippen LogP contribution is 2.38. The van der Waals surface area contributed by atoms with Crippen molar-refractivity contribution in [1.29, 1.82) is 0 Å². The molecule has 0 fully saturated rings. The van der Waals surface area contributed by atoms with Crippen LogP contribution in [0.15, 0.2) is 54.7 Å². The van der Waals surface area contributed by atoms with Crippen LogP contribution in [-0.2, 0) is 17.6 Å². The van der Waals surface area contributed by atoms with E-state index in [4.69, 9.17) is 0 Å². The van der Waals surface area contributed by atoms with Gasteiger partial charge in [-0.1, -0.05) is 35.9 Å². The fourth-order valence-electron chi connectivity index (χ4n) is 4.19. The first-order valence-electron chi connectivity index (χ1n) is 10.8. The van der Waals surface area contributed by atoms with Crippen LogP contribution < -0.4 is 10.6 Å². The third-order valence-corrected chi connectivity index (χ3v) is 6.98. The minimum Gasteiger partial charge on any atom is -0.361 e. The zero-order valence-electron chi connectivity index (χ0n) is 17.8. The molecule has 2 aromatic heterocycles. The quantitative estimate of drug-likeness (QED) is 0.407. The Bertz CT molecular complexity index is 1290. The average Bonchev–Trinajstić information content (AvgIpc) is 3.48. The van der Waals surface area contributed by atoms with Crippen LogP contribution in [0, 0.1) is 6.92 Å². The van der Waals surface area contributed by atoms with Gasteiger partial charge in [-0.2, -0.15) is 0 Å². The fourth-order valence-corrected chi connectivity index (χ4v) is 5.23. The maximum Gasteiger partial charge on any atom is 0.257 e. The van der Waals surface area contributed by atoms with E-state index in [1.807, 2.05) is 37.4 Å². The van der Waals surface area contributed by atoms with E-state index < -0.39 is 0 Å². The first kappa shape index (κ1) is 20.5. The summed E-state index contributed by atoms with van der Waals surface area (Å²) in [7, 11) is 0. The Morgan fingerprint density at radius 2 is 1.97 bits per heavy atom.